The molecule has 11 heteroatoms. The van der Waals surface area contributed by atoms with Crippen LogP contribution < -0.4 is 0 Å². The first-order chi connectivity index (χ1) is 8.27. The van der Waals surface area contributed by atoms with Crippen molar-refractivity contribution in [3.63, 3.8) is 0 Å². The molecule has 0 aliphatic rings. The number of carbonyl (C=O) groups is 1. The van der Waals surface area contributed by atoms with E-state index in [1.807, 2.05) is 0 Å². The van der Waals surface area contributed by atoms with E-state index in [4.69, 9.17) is 0 Å². The van der Waals surface area contributed by atoms with Gasteiger partial charge in [-0.25, -0.2) is 0 Å². The van der Waals surface area contributed by atoms with Crippen molar-refractivity contribution in [1.29, 1.82) is 0 Å². The zero-order valence-electron chi connectivity index (χ0n) is 9.47. The van der Waals surface area contributed by atoms with Crippen molar-refractivity contribution in [2.24, 2.45) is 0 Å². The van der Waals surface area contributed by atoms with Crippen LogP contribution in [0.4, 0.5) is 26.3 Å². The largest absolute Gasteiger partial charge is 0.412 e. The lowest BCUT2D eigenvalue weighted by Gasteiger charge is -2.18. The van der Waals surface area contributed by atoms with E-state index in [-0.39, 0.29) is 0 Å². The highest BCUT2D eigenvalue weighted by Crippen LogP contribution is 2.52. The Kier molecular flexibility index (Phi) is 5.79. The summed E-state index contributed by atoms with van der Waals surface area (Å²) in [6.45, 7) is -0.446. The Balaban J connectivity index is 4.99. The van der Waals surface area contributed by atoms with Gasteiger partial charge >= 0.3 is 19.9 Å². The van der Waals surface area contributed by atoms with Gasteiger partial charge in [0, 0.05) is 0 Å². The Hall–Kier alpha value is -0.860. The van der Waals surface area contributed by atoms with Crippen LogP contribution in [0.3, 0.4) is 0 Å². The minimum Gasteiger partial charge on any atom is -0.293 e. The van der Waals surface area contributed by atoms with Crippen molar-refractivity contribution in [2.45, 2.75) is 19.3 Å². The fourth-order valence-electron chi connectivity index (χ4n) is 0.705. The van der Waals surface area contributed by atoms with Crippen LogP contribution in [0.1, 0.15) is 6.92 Å². The molecule has 0 unspecified atom stereocenters. The highest BCUT2D eigenvalue weighted by atomic mass is 31.2. The molecule has 0 amide bonds. The molecule has 0 saturated heterocycles. The molecule has 0 heterocycles. The van der Waals surface area contributed by atoms with Gasteiger partial charge in [-0.3, -0.25) is 18.4 Å². The first kappa shape index (κ1) is 18.1. The third-order valence-corrected chi connectivity index (χ3v) is 3.23. The Labute approximate surface area is 103 Å². The molecule has 0 aromatic rings. The van der Waals surface area contributed by atoms with Crippen molar-refractivity contribution in [3.8, 4) is 0 Å². The van der Waals surface area contributed by atoms with Crippen LogP contribution in [0.25, 0.3) is 0 Å². The predicted molar refractivity (Wildman–Crippen MR) is 51.4 cm³/mol. The minimum absolute atomic E-state index is 0.548. The van der Waals surface area contributed by atoms with E-state index in [1.165, 1.54) is 0 Å². The summed E-state index contributed by atoms with van der Waals surface area (Å²) in [5.74, 6) is 0. The van der Waals surface area contributed by atoms with E-state index in [0.717, 1.165) is 6.92 Å². The van der Waals surface area contributed by atoms with Crippen LogP contribution >= 0.6 is 7.60 Å². The topological polar surface area (TPSA) is 52.6 Å². The molecular weight excluding hydrogens is 305 g/mol. The summed E-state index contributed by atoms with van der Waals surface area (Å²) in [6, 6.07) is 0. The van der Waals surface area contributed by atoms with Crippen LogP contribution in [0.5, 0.6) is 0 Å². The van der Waals surface area contributed by atoms with Crippen molar-refractivity contribution < 1.29 is 44.7 Å². The van der Waals surface area contributed by atoms with Gasteiger partial charge < -0.3 is 0 Å². The van der Waals surface area contributed by atoms with Gasteiger partial charge in [0.25, 0.3) is 5.52 Å². The van der Waals surface area contributed by atoms with Gasteiger partial charge in [-0.05, 0) is 12.5 Å². The molecular formula is C8H9F6O4P. The van der Waals surface area contributed by atoms with E-state index in [9.17, 15) is 35.7 Å². The lowest BCUT2D eigenvalue weighted by Crippen LogP contribution is -2.22. The highest BCUT2D eigenvalue weighted by molar-refractivity contribution is 7.72. The molecule has 0 spiro atoms. The maximum Gasteiger partial charge on any atom is 0.412 e. The second-order valence-electron chi connectivity index (χ2n) is 3.36. The fraction of sp³-hybridized carbons (Fsp3) is 0.625. The first-order valence-electron chi connectivity index (χ1n) is 4.50. The summed E-state index contributed by atoms with van der Waals surface area (Å²) in [4.78, 5) is 11.3. The summed E-state index contributed by atoms with van der Waals surface area (Å²) in [5, 5.41) is 0. The van der Waals surface area contributed by atoms with Crippen molar-refractivity contribution in [1.82, 2.24) is 0 Å². The number of alkyl halides is 6. The maximum absolute atomic E-state index is 11.9. The van der Waals surface area contributed by atoms with E-state index in [0.29, 0.717) is 0 Å². The molecule has 0 aromatic carbocycles. The van der Waals surface area contributed by atoms with Crippen molar-refractivity contribution in [2.75, 3.05) is 13.2 Å². The molecule has 0 bridgehead atoms. The van der Waals surface area contributed by atoms with Gasteiger partial charge in [-0.1, -0.05) is 6.58 Å². The second kappa shape index (κ2) is 6.06. The normalized spacial score (nSPS) is 13.4. The van der Waals surface area contributed by atoms with Crippen LogP contribution in [0, 0.1) is 0 Å². The van der Waals surface area contributed by atoms with E-state index < -0.39 is 44.3 Å². The van der Waals surface area contributed by atoms with Gasteiger partial charge in [0.15, 0.2) is 13.2 Å². The van der Waals surface area contributed by atoms with Crippen LogP contribution in [0.2, 0.25) is 0 Å². The van der Waals surface area contributed by atoms with E-state index in [2.05, 4.69) is 15.6 Å². The van der Waals surface area contributed by atoms with Gasteiger partial charge in [0.2, 0.25) is 0 Å². The number of halogens is 6. The average Bonchev–Trinajstić information content (AvgIpc) is 2.20. The SMILES string of the molecule is C=C(C)C(=O)P(=O)(OCC(F)(F)F)OCC(F)(F)F. The molecule has 4 nitrogen and oxygen atoms in total. The summed E-state index contributed by atoms with van der Waals surface area (Å²) in [5.41, 5.74) is -2.19. The molecule has 0 aromatic heterocycles. The second-order valence-corrected chi connectivity index (χ2v) is 5.28. The Morgan fingerprint density at radius 1 is 1.05 bits per heavy atom. The molecule has 112 valence electrons. The van der Waals surface area contributed by atoms with Crippen LogP contribution in [-0.2, 0) is 18.4 Å². The Morgan fingerprint density at radius 3 is 1.58 bits per heavy atom. The van der Waals surface area contributed by atoms with E-state index >= 15 is 0 Å². The third kappa shape index (κ3) is 7.34. The zero-order valence-corrected chi connectivity index (χ0v) is 10.4. The Morgan fingerprint density at radius 2 is 1.37 bits per heavy atom. The van der Waals surface area contributed by atoms with Gasteiger partial charge in [0.1, 0.15) is 0 Å². The lowest BCUT2D eigenvalue weighted by atomic mass is 10.4. The molecule has 0 aliphatic heterocycles. The van der Waals surface area contributed by atoms with Gasteiger partial charge in [-0.2, -0.15) is 26.3 Å². The Bertz CT molecular complexity index is 377. The van der Waals surface area contributed by atoms with Crippen LogP contribution in [0.15, 0.2) is 12.2 Å². The maximum atomic E-state index is 11.9. The molecule has 0 fully saturated rings. The fourth-order valence-corrected chi connectivity index (χ4v) is 2.11. The highest BCUT2D eigenvalue weighted by Gasteiger charge is 2.43. The van der Waals surface area contributed by atoms with Crippen molar-refractivity contribution >= 4 is 13.1 Å². The molecule has 0 aliphatic carbocycles. The predicted octanol–water partition coefficient (Wildman–Crippen LogP) is 3.44. The molecule has 0 atom stereocenters. The standard InChI is InChI=1S/C8H9F6O4P/c1-5(2)6(15)19(16,17-3-7(9,10)11)18-4-8(12,13)14/h1,3-4H2,2H3. The summed E-state index contributed by atoms with van der Waals surface area (Å²) < 4.78 is 90.2. The van der Waals surface area contributed by atoms with Gasteiger partial charge in [0.05, 0.1) is 0 Å². The monoisotopic (exact) mass is 314 g/mol. The number of rotatable bonds is 6. The quantitative estimate of drug-likeness (QED) is 0.428. The first-order valence-corrected chi connectivity index (χ1v) is 6.04. The molecule has 0 saturated carbocycles. The molecule has 19 heavy (non-hydrogen) atoms. The molecule has 0 radical (unpaired) electrons. The number of hydrogen-bond acceptors (Lipinski definition) is 4. The number of carbonyl (C=O) groups excluding carboxylic acids is 1. The average molecular weight is 314 g/mol. The smallest absolute Gasteiger partial charge is 0.293 e. The summed E-state index contributed by atoms with van der Waals surface area (Å²) in [7, 11) is -5.24. The number of hydrogen-bond donors (Lipinski definition) is 0. The van der Waals surface area contributed by atoms with Crippen molar-refractivity contribution in [3.05, 3.63) is 12.2 Å². The minimum atomic E-state index is -5.24. The summed E-state index contributed by atoms with van der Waals surface area (Å²) >= 11 is 0. The zero-order chi connectivity index (χ0) is 15.5. The lowest BCUT2D eigenvalue weighted by molar-refractivity contribution is -0.165. The molecule has 0 N–H and O–H groups in total. The summed E-state index contributed by atoms with van der Waals surface area (Å²) in [6.07, 6.45) is -9.96. The van der Waals surface area contributed by atoms with Crippen LogP contribution in [-0.4, -0.2) is 31.1 Å². The number of allylic oxidation sites excluding steroid dienone is 1. The van der Waals surface area contributed by atoms with Gasteiger partial charge in [-0.15, -0.1) is 0 Å². The van der Waals surface area contributed by atoms with E-state index in [1.54, 1.807) is 0 Å². The molecule has 0 rings (SSSR count). The third-order valence-electron chi connectivity index (χ3n) is 1.41.